The Balaban J connectivity index is 1.83. The Labute approximate surface area is 145 Å². The van der Waals surface area contributed by atoms with E-state index in [0.717, 1.165) is 42.0 Å². The van der Waals surface area contributed by atoms with Gasteiger partial charge in [-0.05, 0) is 43.4 Å². The third-order valence-corrected chi connectivity index (χ3v) is 6.36. The average Bonchev–Trinajstić information content (AvgIpc) is 2.59. The van der Waals surface area contributed by atoms with Crippen LogP contribution in [0.15, 0.2) is 22.1 Å². The fraction of sp³-hybridized carbons (Fsp3) is 0.500. The molecule has 1 spiro atoms. The number of thioether (sulfide) groups is 1. The minimum atomic E-state index is -0.317. The van der Waals surface area contributed by atoms with Gasteiger partial charge in [0.1, 0.15) is 11.6 Å². The quantitative estimate of drug-likeness (QED) is 0.849. The van der Waals surface area contributed by atoms with Crippen molar-refractivity contribution >= 4 is 28.4 Å². The molecule has 24 heavy (non-hydrogen) atoms. The molecule has 1 aliphatic heterocycles. The lowest BCUT2D eigenvalue weighted by molar-refractivity contribution is 0.0956. The molecule has 1 aliphatic carbocycles. The number of nitrogens with zero attached hydrogens (tertiary/aromatic N) is 3. The van der Waals surface area contributed by atoms with Gasteiger partial charge in [0.2, 0.25) is 0 Å². The van der Waals surface area contributed by atoms with E-state index >= 15 is 0 Å². The highest BCUT2D eigenvalue weighted by molar-refractivity contribution is 7.98. The van der Waals surface area contributed by atoms with Crippen molar-refractivity contribution in [2.45, 2.75) is 37.1 Å². The van der Waals surface area contributed by atoms with Crippen LogP contribution in [0.1, 0.15) is 37.7 Å². The zero-order valence-electron chi connectivity index (χ0n) is 13.8. The zero-order chi connectivity index (χ0) is 16.7. The molecule has 2 aliphatic rings. The first kappa shape index (κ1) is 15.5. The summed E-state index contributed by atoms with van der Waals surface area (Å²) in [5.74, 6) is 0. The van der Waals surface area contributed by atoms with Crippen molar-refractivity contribution in [3.05, 3.63) is 28.2 Å². The van der Waals surface area contributed by atoms with Gasteiger partial charge in [-0.2, -0.15) is 5.26 Å². The molecule has 0 bridgehead atoms. The van der Waals surface area contributed by atoms with E-state index in [0.29, 0.717) is 10.9 Å². The van der Waals surface area contributed by atoms with Crippen LogP contribution in [0.4, 0.5) is 5.69 Å². The minimum Gasteiger partial charge on any atom is -0.370 e. The topological polar surface area (TPSA) is 72.8 Å². The van der Waals surface area contributed by atoms with Crippen LogP contribution in [-0.2, 0) is 0 Å². The third-order valence-electron chi connectivity index (χ3n) is 5.72. The molecular weight excluding hydrogens is 320 g/mol. The lowest BCUT2D eigenvalue weighted by Crippen LogP contribution is -2.44. The van der Waals surface area contributed by atoms with Crippen molar-refractivity contribution in [1.29, 1.82) is 5.26 Å². The van der Waals surface area contributed by atoms with Crippen molar-refractivity contribution in [2.75, 3.05) is 24.2 Å². The van der Waals surface area contributed by atoms with Gasteiger partial charge in [-0.15, -0.1) is 11.8 Å². The molecule has 6 heteroatoms. The summed E-state index contributed by atoms with van der Waals surface area (Å²) in [6, 6.07) is 4.11. The van der Waals surface area contributed by atoms with Crippen LogP contribution >= 0.6 is 11.8 Å². The molecule has 1 saturated heterocycles. The Morgan fingerprint density at radius 2 is 2.08 bits per heavy atom. The first-order valence-electron chi connectivity index (χ1n) is 8.41. The molecule has 0 aromatic carbocycles. The second kappa shape index (κ2) is 5.82. The largest absolute Gasteiger partial charge is 0.370 e. The summed E-state index contributed by atoms with van der Waals surface area (Å²) in [5, 5.41) is 11.4. The highest BCUT2D eigenvalue weighted by Crippen LogP contribution is 2.49. The van der Waals surface area contributed by atoms with Crippen molar-refractivity contribution in [2.24, 2.45) is 5.41 Å². The van der Waals surface area contributed by atoms with Crippen LogP contribution in [0.25, 0.3) is 10.9 Å². The Kier molecular flexibility index (Phi) is 3.76. The first-order valence-corrected chi connectivity index (χ1v) is 9.63. The van der Waals surface area contributed by atoms with E-state index in [1.165, 1.54) is 19.3 Å². The van der Waals surface area contributed by atoms with Gasteiger partial charge in [0, 0.05) is 18.5 Å². The number of rotatable bonds is 2. The second-order valence-electron chi connectivity index (χ2n) is 6.90. The van der Waals surface area contributed by atoms with Crippen molar-refractivity contribution < 1.29 is 0 Å². The molecule has 2 aromatic rings. The van der Waals surface area contributed by atoms with Gasteiger partial charge in [-0.1, -0.05) is 6.42 Å². The molecule has 0 atom stereocenters. The first-order chi connectivity index (χ1) is 11.7. The van der Waals surface area contributed by atoms with Gasteiger partial charge < -0.3 is 9.88 Å². The van der Waals surface area contributed by atoms with Gasteiger partial charge in [0.15, 0.2) is 0 Å². The van der Waals surface area contributed by atoms with Gasteiger partial charge in [0.05, 0.1) is 22.4 Å². The van der Waals surface area contributed by atoms with Crippen LogP contribution in [0.3, 0.4) is 0 Å². The molecule has 0 unspecified atom stereocenters. The van der Waals surface area contributed by atoms with E-state index < -0.39 is 0 Å². The van der Waals surface area contributed by atoms with Crippen LogP contribution < -0.4 is 10.5 Å². The number of aromatic amines is 1. The summed E-state index contributed by atoms with van der Waals surface area (Å²) in [7, 11) is 0. The normalized spacial score (nSPS) is 19.2. The monoisotopic (exact) mass is 340 g/mol. The van der Waals surface area contributed by atoms with E-state index in [-0.39, 0.29) is 11.1 Å². The molecule has 1 N–H and O–H groups in total. The van der Waals surface area contributed by atoms with E-state index in [1.807, 2.05) is 12.3 Å². The summed E-state index contributed by atoms with van der Waals surface area (Å²) in [5.41, 5.74) is 1.94. The molecule has 2 aromatic heterocycles. The zero-order valence-corrected chi connectivity index (χ0v) is 14.6. The number of piperidine rings is 1. The maximum Gasteiger partial charge on any atom is 0.268 e. The standard InChI is InChI=1S/C18H20N4OS/c1-24-15-9-12-14(11-20-15)21-17(23)13(10-19)16(12)22-7-5-18(6-8-22)3-2-4-18/h9,11H,2-8H2,1H3,(H,21,23). The van der Waals surface area contributed by atoms with E-state index in [4.69, 9.17) is 0 Å². The summed E-state index contributed by atoms with van der Waals surface area (Å²) < 4.78 is 0. The number of aromatic nitrogens is 2. The molecular formula is C18H20N4OS. The Bertz CT molecular complexity index is 884. The average molecular weight is 340 g/mol. The highest BCUT2D eigenvalue weighted by Gasteiger charge is 2.40. The summed E-state index contributed by atoms with van der Waals surface area (Å²) in [4.78, 5) is 21.7. The van der Waals surface area contributed by atoms with Crippen molar-refractivity contribution in [3.8, 4) is 6.07 Å². The predicted octanol–water partition coefficient (Wildman–Crippen LogP) is 3.29. The smallest absolute Gasteiger partial charge is 0.268 e. The number of anilines is 1. The number of hydrogen-bond acceptors (Lipinski definition) is 5. The molecule has 4 rings (SSSR count). The SMILES string of the molecule is CSc1cc2c(N3CCC4(CCC4)CC3)c(C#N)c(=O)[nH]c2cn1. The van der Waals surface area contributed by atoms with Crippen LogP contribution in [0.2, 0.25) is 0 Å². The van der Waals surface area contributed by atoms with E-state index in [1.54, 1.807) is 18.0 Å². The van der Waals surface area contributed by atoms with E-state index in [2.05, 4.69) is 20.9 Å². The van der Waals surface area contributed by atoms with E-state index in [9.17, 15) is 10.1 Å². The van der Waals surface area contributed by atoms with Gasteiger partial charge in [0.25, 0.3) is 5.56 Å². The number of hydrogen-bond donors (Lipinski definition) is 1. The number of fused-ring (bicyclic) bond motifs is 1. The minimum absolute atomic E-state index is 0.227. The number of H-pyrrole nitrogens is 1. The lowest BCUT2D eigenvalue weighted by atomic mass is 9.63. The second-order valence-corrected chi connectivity index (χ2v) is 7.73. The molecule has 0 amide bonds. The highest BCUT2D eigenvalue weighted by atomic mass is 32.2. The van der Waals surface area contributed by atoms with Crippen LogP contribution in [-0.4, -0.2) is 29.3 Å². The summed E-state index contributed by atoms with van der Waals surface area (Å²) >= 11 is 1.56. The summed E-state index contributed by atoms with van der Waals surface area (Å²) in [6.07, 6.45) is 10.0. The Morgan fingerprint density at radius 1 is 1.33 bits per heavy atom. The number of pyridine rings is 2. The molecule has 3 heterocycles. The van der Waals surface area contributed by atoms with Crippen LogP contribution in [0.5, 0.6) is 0 Å². The maximum absolute atomic E-state index is 12.3. The molecule has 5 nitrogen and oxygen atoms in total. The van der Waals surface area contributed by atoms with Crippen molar-refractivity contribution in [3.63, 3.8) is 0 Å². The number of nitriles is 1. The fourth-order valence-electron chi connectivity index (χ4n) is 4.08. The van der Waals surface area contributed by atoms with Gasteiger partial charge in [-0.3, -0.25) is 4.79 Å². The van der Waals surface area contributed by atoms with Crippen LogP contribution in [0, 0.1) is 16.7 Å². The third kappa shape index (κ3) is 2.39. The lowest BCUT2D eigenvalue weighted by Gasteiger charge is -2.48. The Morgan fingerprint density at radius 3 is 2.67 bits per heavy atom. The maximum atomic E-state index is 12.3. The summed E-state index contributed by atoms with van der Waals surface area (Å²) in [6.45, 7) is 1.84. The van der Waals surface area contributed by atoms with Gasteiger partial charge in [-0.25, -0.2) is 4.98 Å². The van der Waals surface area contributed by atoms with Crippen molar-refractivity contribution in [1.82, 2.24) is 9.97 Å². The molecule has 124 valence electrons. The fourth-order valence-corrected chi connectivity index (χ4v) is 4.48. The molecule has 0 radical (unpaired) electrons. The van der Waals surface area contributed by atoms with Gasteiger partial charge >= 0.3 is 0 Å². The predicted molar refractivity (Wildman–Crippen MR) is 96.6 cm³/mol. The molecule has 2 fully saturated rings. The number of nitrogens with one attached hydrogen (secondary N) is 1. The Hall–Kier alpha value is -2.00. The molecule has 1 saturated carbocycles.